The van der Waals surface area contributed by atoms with Crippen molar-refractivity contribution in [2.24, 2.45) is 0 Å². The Hall–Kier alpha value is -3.06. The number of hydrogen-bond donors (Lipinski definition) is 1. The van der Waals surface area contributed by atoms with Crippen LogP contribution in [0.3, 0.4) is 0 Å². The highest BCUT2D eigenvalue weighted by Gasteiger charge is 2.26. The number of nitrogens with zero attached hydrogens (tertiary/aromatic N) is 4. The van der Waals surface area contributed by atoms with Gasteiger partial charge >= 0.3 is 0 Å². The van der Waals surface area contributed by atoms with Crippen molar-refractivity contribution < 1.29 is 12.8 Å². The number of halogens is 3. The maximum atomic E-state index is 13.5. The van der Waals surface area contributed by atoms with E-state index in [0.717, 1.165) is 23.9 Å². The molecule has 1 aliphatic heterocycles. The second-order valence-electron chi connectivity index (χ2n) is 8.14. The molecule has 0 saturated carbocycles. The van der Waals surface area contributed by atoms with Crippen molar-refractivity contribution in [3.05, 3.63) is 75.1 Å². The summed E-state index contributed by atoms with van der Waals surface area (Å²) in [5.41, 5.74) is 2.42. The van der Waals surface area contributed by atoms with Crippen LogP contribution in [0.15, 0.2) is 47.4 Å². The van der Waals surface area contributed by atoms with Crippen LogP contribution in [0, 0.1) is 31.0 Å². The molecule has 0 aliphatic carbocycles. The van der Waals surface area contributed by atoms with Gasteiger partial charge in [-0.25, -0.2) is 17.8 Å². The molecule has 1 N–H and O–H groups in total. The van der Waals surface area contributed by atoms with E-state index in [0.29, 0.717) is 53.8 Å². The van der Waals surface area contributed by atoms with Crippen LogP contribution in [0.4, 0.5) is 21.6 Å². The molecule has 0 bridgehead atoms. The number of sulfonamides is 1. The highest BCUT2D eigenvalue weighted by Crippen LogP contribution is 2.32. The molecule has 182 valence electrons. The summed E-state index contributed by atoms with van der Waals surface area (Å²) in [6.45, 7) is 6.04. The van der Waals surface area contributed by atoms with Gasteiger partial charge in [0.1, 0.15) is 17.7 Å². The van der Waals surface area contributed by atoms with E-state index in [9.17, 15) is 18.1 Å². The molecule has 0 radical (unpaired) electrons. The highest BCUT2D eigenvalue weighted by molar-refractivity contribution is 7.92. The molecule has 11 heteroatoms. The molecule has 1 aromatic heterocycles. The van der Waals surface area contributed by atoms with Crippen molar-refractivity contribution in [2.75, 3.05) is 40.7 Å². The Morgan fingerprint density at radius 3 is 2.37 bits per heavy atom. The van der Waals surface area contributed by atoms with Gasteiger partial charge in [0.15, 0.2) is 0 Å². The first-order valence-electron chi connectivity index (χ1n) is 10.8. The lowest BCUT2D eigenvalue weighted by atomic mass is 10.1. The van der Waals surface area contributed by atoms with Crippen LogP contribution in [-0.4, -0.2) is 39.6 Å². The summed E-state index contributed by atoms with van der Waals surface area (Å²) in [6, 6.07) is 13.0. The summed E-state index contributed by atoms with van der Waals surface area (Å²) in [6.07, 6.45) is 0. The van der Waals surface area contributed by atoms with E-state index in [1.165, 1.54) is 0 Å². The van der Waals surface area contributed by atoms with Gasteiger partial charge in [-0.05, 0) is 55.8 Å². The first kappa shape index (κ1) is 25.0. The fraction of sp³-hybridized carbons (Fsp3) is 0.250. The number of nitriles is 1. The van der Waals surface area contributed by atoms with Crippen LogP contribution in [0.1, 0.15) is 16.8 Å². The Labute approximate surface area is 213 Å². The van der Waals surface area contributed by atoms with Crippen LogP contribution in [0.25, 0.3) is 0 Å². The first-order valence-corrected chi connectivity index (χ1v) is 13.0. The fourth-order valence-corrected chi connectivity index (χ4v) is 5.67. The molecule has 1 saturated heterocycles. The number of pyridine rings is 1. The average Bonchev–Trinajstić information content (AvgIpc) is 2.83. The Balaban J connectivity index is 1.60. The van der Waals surface area contributed by atoms with E-state index in [1.54, 1.807) is 13.8 Å². The lowest BCUT2D eigenvalue weighted by Crippen LogP contribution is -2.47. The fourth-order valence-electron chi connectivity index (χ4n) is 4.03. The molecule has 4 rings (SSSR count). The largest absolute Gasteiger partial charge is 0.368 e. The quantitative estimate of drug-likeness (QED) is 0.488. The third-order valence-corrected chi connectivity index (χ3v) is 7.78. The number of piperazine rings is 1. The molecule has 0 spiro atoms. The number of nitrogens with one attached hydrogen (secondary N) is 1. The number of aryl methyl sites for hydroxylation is 1. The summed E-state index contributed by atoms with van der Waals surface area (Å²) < 4.78 is 41.8. The topological polar surface area (TPSA) is 89.3 Å². The van der Waals surface area contributed by atoms with Gasteiger partial charge in [0.2, 0.25) is 0 Å². The number of benzene rings is 2. The van der Waals surface area contributed by atoms with E-state index in [2.05, 4.69) is 20.7 Å². The van der Waals surface area contributed by atoms with Crippen LogP contribution in [0.5, 0.6) is 0 Å². The van der Waals surface area contributed by atoms with E-state index >= 15 is 0 Å². The maximum absolute atomic E-state index is 13.5. The second-order valence-corrected chi connectivity index (χ2v) is 10.7. The minimum atomic E-state index is -4.08. The second kappa shape index (κ2) is 9.90. The van der Waals surface area contributed by atoms with Gasteiger partial charge in [-0.2, -0.15) is 5.26 Å². The number of anilines is 3. The van der Waals surface area contributed by atoms with E-state index < -0.39 is 15.8 Å². The van der Waals surface area contributed by atoms with Gasteiger partial charge < -0.3 is 9.80 Å². The summed E-state index contributed by atoms with van der Waals surface area (Å²) in [5.74, 6) is -0.202. The first-order chi connectivity index (χ1) is 16.6. The number of rotatable bonds is 5. The molecule has 0 amide bonds. The third-order valence-electron chi connectivity index (χ3n) is 5.91. The van der Waals surface area contributed by atoms with Crippen LogP contribution >= 0.6 is 23.2 Å². The van der Waals surface area contributed by atoms with Crippen LogP contribution in [0.2, 0.25) is 10.0 Å². The van der Waals surface area contributed by atoms with Crippen molar-refractivity contribution in [3.8, 4) is 6.07 Å². The molecule has 1 aliphatic rings. The monoisotopic (exact) mass is 533 g/mol. The molecule has 1 fully saturated rings. The van der Waals surface area contributed by atoms with E-state index in [4.69, 9.17) is 23.2 Å². The van der Waals surface area contributed by atoms with Gasteiger partial charge in [0.25, 0.3) is 10.0 Å². The molecule has 3 aromatic rings. The Bertz CT molecular complexity index is 1430. The standard InChI is InChI=1S/C24H22Cl2FN5O2S/c1-15-20(14-28)24(32-10-8-31(9-11-32)18-5-3-4-17(25)12-18)29-16(2)23(15)30-35(33,34)19-6-7-22(27)21(26)13-19/h3-7,12-13,30H,8-11H2,1-2H3. The predicted molar refractivity (Wildman–Crippen MR) is 137 cm³/mol. The minimum absolute atomic E-state index is 0.192. The molecule has 0 unspecified atom stereocenters. The Morgan fingerprint density at radius 1 is 1.06 bits per heavy atom. The Morgan fingerprint density at radius 2 is 1.74 bits per heavy atom. The van der Waals surface area contributed by atoms with E-state index in [1.807, 2.05) is 29.2 Å². The third kappa shape index (κ3) is 5.15. The molecular formula is C24H22Cl2FN5O2S. The molecular weight excluding hydrogens is 512 g/mol. The molecule has 2 aromatic carbocycles. The molecule has 35 heavy (non-hydrogen) atoms. The maximum Gasteiger partial charge on any atom is 0.262 e. The van der Waals surface area contributed by atoms with Gasteiger partial charge in [0, 0.05) is 36.9 Å². The molecule has 2 heterocycles. The zero-order valence-electron chi connectivity index (χ0n) is 19.0. The summed E-state index contributed by atoms with van der Waals surface area (Å²) in [5, 5.41) is 10.3. The molecule has 7 nitrogen and oxygen atoms in total. The number of hydrogen-bond acceptors (Lipinski definition) is 6. The van der Waals surface area contributed by atoms with Crippen molar-refractivity contribution in [2.45, 2.75) is 18.7 Å². The Kier molecular flexibility index (Phi) is 7.08. The van der Waals surface area contributed by atoms with Gasteiger partial charge in [-0.3, -0.25) is 4.72 Å². The van der Waals surface area contributed by atoms with Gasteiger partial charge in [-0.15, -0.1) is 0 Å². The van der Waals surface area contributed by atoms with E-state index in [-0.39, 0.29) is 15.6 Å². The molecule has 0 atom stereocenters. The smallest absolute Gasteiger partial charge is 0.262 e. The van der Waals surface area contributed by atoms with Gasteiger partial charge in [-0.1, -0.05) is 29.3 Å². The van der Waals surface area contributed by atoms with Crippen molar-refractivity contribution in [3.63, 3.8) is 0 Å². The lowest BCUT2D eigenvalue weighted by molar-refractivity contribution is 0.599. The van der Waals surface area contributed by atoms with Crippen molar-refractivity contribution in [1.82, 2.24) is 4.98 Å². The SMILES string of the molecule is Cc1nc(N2CCN(c3cccc(Cl)c3)CC2)c(C#N)c(C)c1NS(=O)(=O)c1ccc(F)c(Cl)c1. The van der Waals surface area contributed by atoms with Crippen LogP contribution in [-0.2, 0) is 10.0 Å². The number of aromatic nitrogens is 1. The lowest BCUT2D eigenvalue weighted by Gasteiger charge is -2.37. The summed E-state index contributed by atoms with van der Waals surface area (Å²) >= 11 is 11.9. The van der Waals surface area contributed by atoms with Crippen molar-refractivity contribution in [1.29, 1.82) is 5.26 Å². The zero-order chi connectivity index (χ0) is 25.3. The predicted octanol–water partition coefficient (Wildman–Crippen LogP) is 5.14. The van der Waals surface area contributed by atoms with Crippen LogP contribution < -0.4 is 14.5 Å². The highest BCUT2D eigenvalue weighted by atomic mass is 35.5. The van der Waals surface area contributed by atoms with Gasteiger partial charge in [0.05, 0.1) is 26.9 Å². The minimum Gasteiger partial charge on any atom is -0.368 e. The zero-order valence-corrected chi connectivity index (χ0v) is 21.3. The summed E-state index contributed by atoms with van der Waals surface area (Å²) in [7, 11) is -4.08. The van der Waals surface area contributed by atoms with Crippen molar-refractivity contribution >= 4 is 50.4 Å². The normalized spacial score (nSPS) is 14.1. The average molecular weight is 534 g/mol. The summed E-state index contributed by atoms with van der Waals surface area (Å²) in [4.78, 5) is 8.65.